The molecule has 33 heavy (non-hydrogen) atoms. The number of benzene rings is 4. The molecule has 0 saturated carbocycles. The number of nitrogens with one attached hydrogen (secondary N) is 1. The second kappa shape index (κ2) is 8.40. The van der Waals surface area contributed by atoms with Crippen LogP contribution in [0.3, 0.4) is 0 Å². The highest BCUT2D eigenvalue weighted by Crippen LogP contribution is 2.31. The summed E-state index contributed by atoms with van der Waals surface area (Å²) >= 11 is 0. The largest absolute Gasteiger partial charge is 0.320 e. The quantitative estimate of drug-likeness (QED) is 0.337. The summed E-state index contributed by atoms with van der Waals surface area (Å²) in [6, 6.07) is 30.6. The van der Waals surface area contributed by atoms with Crippen LogP contribution < -0.4 is 5.32 Å². The van der Waals surface area contributed by atoms with E-state index in [1.165, 1.54) is 0 Å². The molecule has 4 heteroatoms. The van der Waals surface area contributed by atoms with Crippen LogP contribution in [0.2, 0.25) is 0 Å². The molecule has 1 heterocycles. The second-order valence-corrected chi connectivity index (χ2v) is 8.46. The molecule has 0 aliphatic heterocycles. The standard InChI is InChI=1S/C29H25N3O/c1-19-8-6-11-23(16-19)32-28(25-13-7-10-22-9-4-5-12-24(22)25)18-27(31-32)29(33)30-26-17-20(2)14-15-21(26)3/h4-18H,1-3H3,(H,30,33). The molecule has 0 radical (unpaired) electrons. The number of hydrogen-bond acceptors (Lipinski definition) is 2. The Labute approximate surface area is 193 Å². The first-order valence-corrected chi connectivity index (χ1v) is 11.0. The highest BCUT2D eigenvalue weighted by atomic mass is 16.2. The molecule has 0 aliphatic rings. The predicted molar refractivity (Wildman–Crippen MR) is 135 cm³/mol. The first kappa shape index (κ1) is 20.7. The Balaban J connectivity index is 1.65. The van der Waals surface area contributed by atoms with Crippen molar-refractivity contribution in [1.82, 2.24) is 9.78 Å². The van der Waals surface area contributed by atoms with E-state index in [-0.39, 0.29) is 5.91 Å². The number of anilines is 1. The zero-order valence-corrected chi connectivity index (χ0v) is 19.0. The van der Waals surface area contributed by atoms with Gasteiger partial charge in [-0.1, -0.05) is 66.7 Å². The lowest BCUT2D eigenvalue weighted by Crippen LogP contribution is -2.14. The van der Waals surface area contributed by atoms with E-state index in [9.17, 15) is 4.79 Å². The van der Waals surface area contributed by atoms with Gasteiger partial charge in [-0.05, 0) is 72.5 Å². The summed E-state index contributed by atoms with van der Waals surface area (Å²) in [5.41, 5.74) is 7.25. The van der Waals surface area contributed by atoms with Gasteiger partial charge >= 0.3 is 0 Å². The van der Waals surface area contributed by atoms with Gasteiger partial charge in [0.15, 0.2) is 5.69 Å². The smallest absolute Gasteiger partial charge is 0.276 e. The van der Waals surface area contributed by atoms with E-state index in [0.717, 1.165) is 50.1 Å². The van der Waals surface area contributed by atoms with Crippen molar-refractivity contribution in [1.29, 1.82) is 0 Å². The van der Waals surface area contributed by atoms with Crippen LogP contribution in [0.5, 0.6) is 0 Å². The van der Waals surface area contributed by atoms with Crippen LogP contribution in [0, 0.1) is 20.8 Å². The minimum Gasteiger partial charge on any atom is -0.320 e. The molecular formula is C29H25N3O. The summed E-state index contributed by atoms with van der Waals surface area (Å²) in [7, 11) is 0. The maximum absolute atomic E-state index is 13.2. The van der Waals surface area contributed by atoms with Crippen LogP contribution in [0.25, 0.3) is 27.7 Å². The molecule has 162 valence electrons. The molecule has 5 rings (SSSR count). The molecular weight excluding hydrogens is 406 g/mol. The number of carbonyl (C=O) groups excluding carboxylic acids is 1. The third kappa shape index (κ3) is 4.03. The highest BCUT2D eigenvalue weighted by Gasteiger charge is 2.19. The first-order chi connectivity index (χ1) is 16.0. The van der Waals surface area contributed by atoms with Gasteiger partial charge in [0.2, 0.25) is 0 Å². The lowest BCUT2D eigenvalue weighted by atomic mass is 10.0. The number of rotatable bonds is 4. The van der Waals surface area contributed by atoms with Crippen LogP contribution in [0.15, 0.2) is 91.0 Å². The molecule has 0 saturated heterocycles. The van der Waals surface area contributed by atoms with Crippen molar-refractivity contribution in [3.63, 3.8) is 0 Å². The summed E-state index contributed by atoms with van der Waals surface area (Å²) in [4.78, 5) is 13.2. The minimum absolute atomic E-state index is 0.225. The van der Waals surface area contributed by atoms with Crippen LogP contribution in [-0.2, 0) is 0 Å². The Kier molecular flexibility index (Phi) is 5.27. The van der Waals surface area contributed by atoms with Gasteiger partial charge < -0.3 is 5.32 Å². The monoisotopic (exact) mass is 431 g/mol. The summed E-state index contributed by atoms with van der Waals surface area (Å²) < 4.78 is 1.87. The Morgan fingerprint density at radius 1 is 0.788 bits per heavy atom. The molecule has 0 spiro atoms. The second-order valence-electron chi connectivity index (χ2n) is 8.46. The first-order valence-electron chi connectivity index (χ1n) is 11.0. The fourth-order valence-corrected chi connectivity index (χ4v) is 4.15. The number of carbonyl (C=O) groups is 1. The van der Waals surface area contributed by atoms with E-state index in [1.54, 1.807) is 0 Å². The summed E-state index contributed by atoms with van der Waals surface area (Å²) in [6.45, 7) is 6.06. The predicted octanol–water partition coefficient (Wildman–Crippen LogP) is 6.87. The number of fused-ring (bicyclic) bond motifs is 1. The van der Waals surface area contributed by atoms with Crippen molar-refractivity contribution in [2.75, 3.05) is 5.32 Å². The fourth-order valence-electron chi connectivity index (χ4n) is 4.15. The summed E-state index contributed by atoms with van der Waals surface area (Å²) in [5.74, 6) is -0.225. The zero-order chi connectivity index (χ0) is 22.9. The lowest BCUT2D eigenvalue weighted by molar-refractivity contribution is 0.102. The Morgan fingerprint density at radius 2 is 1.55 bits per heavy atom. The van der Waals surface area contributed by atoms with E-state index in [1.807, 2.05) is 73.1 Å². The molecule has 4 aromatic carbocycles. The van der Waals surface area contributed by atoms with Gasteiger partial charge in [0.25, 0.3) is 5.91 Å². The van der Waals surface area contributed by atoms with Crippen molar-refractivity contribution in [2.45, 2.75) is 20.8 Å². The van der Waals surface area contributed by atoms with Crippen LogP contribution >= 0.6 is 0 Å². The Hall–Kier alpha value is -4.18. The third-order valence-corrected chi connectivity index (χ3v) is 5.90. The number of aromatic nitrogens is 2. The average molecular weight is 432 g/mol. The van der Waals surface area contributed by atoms with Gasteiger partial charge in [-0.3, -0.25) is 4.79 Å². The van der Waals surface area contributed by atoms with Crippen molar-refractivity contribution in [3.8, 4) is 16.9 Å². The maximum atomic E-state index is 13.2. The van der Waals surface area contributed by atoms with E-state index in [0.29, 0.717) is 5.69 Å². The van der Waals surface area contributed by atoms with E-state index in [4.69, 9.17) is 5.10 Å². The Morgan fingerprint density at radius 3 is 2.39 bits per heavy atom. The molecule has 0 atom stereocenters. The summed E-state index contributed by atoms with van der Waals surface area (Å²) in [5, 5.41) is 10.1. The summed E-state index contributed by atoms with van der Waals surface area (Å²) in [6.07, 6.45) is 0. The molecule has 1 N–H and O–H groups in total. The molecule has 0 fully saturated rings. The number of hydrogen-bond donors (Lipinski definition) is 1. The number of amides is 1. The third-order valence-electron chi connectivity index (χ3n) is 5.90. The van der Waals surface area contributed by atoms with Gasteiger partial charge in [0, 0.05) is 11.3 Å². The lowest BCUT2D eigenvalue weighted by Gasteiger charge is -2.11. The topological polar surface area (TPSA) is 46.9 Å². The van der Waals surface area contributed by atoms with Gasteiger partial charge in [-0.15, -0.1) is 0 Å². The normalized spacial score (nSPS) is 11.0. The number of nitrogens with zero attached hydrogens (tertiary/aromatic N) is 2. The van der Waals surface area contributed by atoms with Gasteiger partial charge in [-0.2, -0.15) is 5.10 Å². The maximum Gasteiger partial charge on any atom is 0.276 e. The Bertz CT molecular complexity index is 1490. The van der Waals surface area contributed by atoms with Crippen molar-refractivity contribution in [2.24, 2.45) is 0 Å². The van der Waals surface area contributed by atoms with E-state index < -0.39 is 0 Å². The average Bonchev–Trinajstić information content (AvgIpc) is 3.26. The zero-order valence-electron chi connectivity index (χ0n) is 19.0. The van der Waals surface area contributed by atoms with Crippen molar-refractivity contribution in [3.05, 3.63) is 113 Å². The SMILES string of the molecule is Cc1cccc(-n2nc(C(=O)Nc3cc(C)ccc3C)cc2-c2cccc3ccccc23)c1. The van der Waals surface area contributed by atoms with Gasteiger partial charge in [0.1, 0.15) is 0 Å². The highest BCUT2D eigenvalue weighted by molar-refractivity contribution is 6.05. The van der Waals surface area contributed by atoms with Crippen LogP contribution in [0.4, 0.5) is 5.69 Å². The van der Waals surface area contributed by atoms with Crippen molar-refractivity contribution < 1.29 is 4.79 Å². The fraction of sp³-hybridized carbons (Fsp3) is 0.103. The molecule has 4 nitrogen and oxygen atoms in total. The molecule has 1 amide bonds. The van der Waals surface area contributed by atoms with Gasteiger partial charge in [0.05, 0.1) is 11.4 Å². The van der Waals surface area contributed by atoms with E-state index in [2.05, 4.69) is 48.6 Å². The van der Waals surface area contributed by atoms with E-state index >= 15 is 0 Å². The van der Waals surface area contributed by atoms with Crippen LogP contribution in [-0.4, -0.2) is 15.7 Å². The minimum atomic E-state index is -0.225. The molecule has 0 bridgehead atoms. The van der Waals surface area contributed by atoms with Crippen LogP contribution in [0.1, 0.15) is 27.2 Å². The molecule has 0 unspecified atom stereocenters. The molecule has 5 aromatic rings. The van der Waals surface area contributed by atoms with Gasteiger partial charge in [-0.25, -0.2) is 4.68 Å². The van der Waals surface area contributed by atoms with Crippen molar-refractivity contribution >= 4 is 22.4 Å². The molecule has 1 aromatic heterocycles. The number of aryl methyl sites for hydroxylation is 3. The molecule has 0 aliphatic carbocycles.